The van der Waals surface area contributed by atoms with Crippen molar-refractivity contribution in [2.24, 2.45) is 5.92 Å². The molecular formula is C14H15F3N2O4. The maximum atomic E-state index is 12.4. The molecule has 0 radical (unpaired) electrons. The van der Waals surface area contributed by atoms with Gasteiger partial charge in [-0.05, 0) is 25.0 Å². The molecule has 0 saturated carbocycles. The number of rotatable bonds is 3. The standard InChI is InChI=1S/C14H15F3N2O4/c15-14(16,17)23-11-7-9(18)1-2-10(11)12(20)19-5-3-8(4-6-19)13(21)22/h1-2,7-8H,3-6,18H2,(H,21,22). The van der Waals surface area contributed by atoms with Gasteiger partial charge in [0.15, 0.2) is 0 Å². The molecule has 0 aromatic heterocycles. The van der Waals surface area contributed by atoms with Crippen LogP contribution in [0.25, 0.3) is 0 Å². The molecule has 2 rings (SSSR count). The number of carbonyl (C=O) groups is 2. The summed E-state index contributed by atoms with van der Waals surface area (Å²) in [6.07, 6.45) is -4.43. The zero-order valence-electron chi connectivity index (χ0n) is 12.0. The van der Waals surface area contributed by atoms with Crippen LogP contribution in [0.4, 0.5) is 18.9 Å². The summed E-state index contributed by atoms with van der Waals surface area (Å²) in [6.45, 7) is 0.317. The second kappa shape index (κ2) is 6.35. The van der Waals surface area contributed by atoms with E-state index in [0.717, 1.165) is 6.07 Å². The van der Waals surface area contributed by atoms with Crippen LogP contribution in [0.15, 0.2) is 18.2 Å². The number of hydrogen-bond donors (Lipinski definition) is 2. The third-order valence-corrected chi connectivity index (χ3v) is 3.59. The van der Waals surface area contributed by atoms with Crippen LogP contribution >= 0.6 is 0 Å². The molecule has 0 bridgehead atoms. The van der Waals surface area contributed by atoms with Crippen molar-refractivity contribution in [1.82, 2.24) is 4.90 Å². The van der Waals surface area contributed by atoms with Crippen molar-refractivity contribution >= 4 is 17.6 Å². The number of ether oxygens (including phenoxy) is 1. The largest absolute Gasteiger partial charge is 0.573 e. The number of halogens is 3. The molecule has 23 heavy (non-hydrogen) atoms. The van der Waals surface area contributed by atoms with Crippen molar-refractivity contribution in [3.8, 4) is 5.75 Å². The van der Waals surface area contributed by atoms with Crippen LogP contribution in [0.3, 0.4) is 0 Å². The smallest absolute Gasteiger partial charge is 0.481 e. The van der Waals surface area contributed by atoms with Gasteiger partial charge in [-0.3, -0.25) is 9.59 Å². The number of hydrogen-bond acceptors (Lipinski definition) is 4. The highest BCUT2D eigenvalue weighted by atomic mass is 19.4. The normalized spacial score (nSPS) is 16.2. The van der Waals surface area contributed by atoms with Crippen molar-refractivity contribution in [2.75, 3.05) is 18.8 Å². The zero-order valence-corrected chi connectivity index (χ0v) is 12.0. The van der Waals surface area contributed by atoms with E-state index in [1.54, 1.807) is 0 Å². The molecule has 0 aliphatic carbocycles. The maximum Gasteiger partial charge on any atom is 0.573 e. The van der Waals surface area contributed by atoms with E-state index in [1.165, 1.54) is 17.0 Å². The van der Waals surface area contributed by atoms with E-state index in [9.17, 15) is 22.8 Å². The number of aliphatic carboxylic acids is 1. The molecular weight excluding hydrogens is 317 g/mol. The first kappa shape index (κ1) is 16.9. The van der Waals surface area contributed by atoms with Gasteiger partial charge in [-0.2, -0.15) is 0 Å². The second-order valence-electron chi connectivity index (χ2n) is 5.21. The summed E-state index contributed by atoms with van der Waals surface area (Å²) in [5.41, 5.74) is 5.21. The summed E-state index contributed by atoms with van der Waals surface area (Å²) in [7, 11) is 0. The van der Waals surface area contributed by atoms with Gasteiger partial charge in [0.25, 0.3) is 5.91 Å². The zero-order chi connectivity index (χ0) is 17.2. The van der Waals surface area contributed by atoms with Gasteiger partial charge in [0, 0.05) is 24.8 Å². The Bertz CT molecular complexity index is 611. The minimum atomic E-state index is -4.95. The Balaban J connectivity index is 2.18. The van der Waals surface area contributed by atoms with Gasteiger partial charge in [-0.25, -0.2) is 0 Å². The van der Waals surface area contributed by atoms with E-state index in [-0.39, 0.29) is 37.2 Å². The number of likely N-dealkylation sites (tertiary alicyclic amines) is 1. The molecule has 1 saturated heterocycles. The number of anilines is 1. The molecule has 0 spiro atoms. The van der Waals surface area contributed by atoms with Crippen LogP contribution in [0.1, 0.15) is 23.2 Å². The molecule has 1 aromatic carbocycles. The number of carboxylic acids is 1. The predicted molar refractivity (Wildman–Crippen MR) is 73.8 cm³/mol. The van der Waals surface area contributed by atoms with Crippen LogP contribution in [0, 0.1) is 5.92 Å². The monoisotopic (exact) mass is 332 g/mol. The first-order valence-electron chi connectivity index (χ1n) is 6.84. The van der Waals surface area contributed by atoms with Crippen LogP contribution in [0.5, 0.6) is 5.75 Å². The third-order valence-electron chi connectivity index (χ3n) is 3.59. The van der Waals surface area contributed by atoms with Crippen LogP contribution in [0.2, 0.25) is 0 Å². The van der Waals surface area contributed by atoms with Crippen molar-refractivity contribution in [2.45, 2.75) is 19.2 Å². The molecule has 0 unspecified atom stereocenters. The molecule has 6 nitrogen and oxygen atoms in total. The van der Waals surface area contributed by atoms with Crippen molar-refractivity contribution < 1.29 is 32.6 Å². The van der Waals surface area contributed by atoms with E-state index >= 15 is 0 Å². The summed E-state index contributed by atoms with van der Waals surface area (Å²) in [4.78, 5) is 24.6. The Labute approximate surface area is 129 Å². The number of amides is 1. The minimum Gasteiger partial charge on any atom is -0.481 e. The number of benzene rings is 1. The molecule has 3 N–H and O–H groups in total. The summed E-state index contributed by atoms with van der Waals surface area (Å²) in [5, 5.41) is 8.92. The van der Waals surface area contributed by atoms with Gasteiger partial charge < -0.3 is 20.5 Å². The number of nitrogen functional groups attached to an aromatic ring is 1. The van der Waals surface area contributed by atoms with Crippen LogP contribution < -0.4 is 10.5 Å². The molecule has 1 aromatic rings. The van der Waals surface area contributed by atoms with E-state index in [1.807, 2.05) is 0 Å². The van der Waals surface area contributed by atoms with E-state index in [4.69, 9.17) is 10.8 Å². The number of nitrogens with two attached hydrogens (primary N) is 1. The quantitative estimate of drug-likeness (QED) is 0.827. The lowest BCUT2D eigenvalue weighted by atomic mass is 9.96. The molecule has 1 aliphatic rings. The van der Waals surface area contributed by atoms with Gasteiger partial charge >= 0.3 is 12.3 Å². The van der Waals surface area contributed by atoms with Crippen molar-refractivity contribution in [3.05, 3.63) is 23.8 Å². The SMILES string of the molecule is Nc1ccc(C(=O)N2CCC(C(=O)O)CC2)c(OC(F)(F)F)c1. The Kier molecular flexibility index (Phi) is 4.67. The summed E-state index contributed by atoms with van der Waals surface area (Å²) in [5.74, 6) is -2.79. The Morgan fingerprint density at radius 3 is 2.39 bits per heavy atom. The van der Waals surface area contributed by atoms with E-state index < -0.39 is 29.9 Å². The van der Waals surface area contributed by atoms with Crippen molar-refractivity contribution in [3.63, 3.8) is 0 Å². The highest BCUT2D eigenvalue weighted by Gasteiger charge is 2.34. The fourth-order valence-corrected chi connectivity index (χ4v) is 2.42. The molecule has 1 aliphatic heterocycles. The average Bonchev–Trinajstić information content (AvgIpc) is 2.45. The van der Waals surface area contributed by atoms with Crippen LogP contribution in [-0.2, 0) is 4.79 Å². The van der Waals surface area contributed by atoms with Crippen LogP contribution in [-0.4, -0.2) is 41.3 Å². The van der Waals surface area contributed by atoms with Gasteiger partial charge in [0.2, 0.25) is 0 Å². The molecule has 0 atom stereocenters. The molecule has 126 valence electrons. The predicted octanol–water partition coefficient (Wildman–Crippen LogP) is 2.10. The second-order valence-corrected chi connectivity index (χ2v) is 5.21. The minimum absolute atomic E-state index is 0.0328. The lowest BCUT2D eigenvalue weighted by Crippen LogP contribution is -2.40. The third kappa shape index (κ3) is 4.27. The number of piperidine rings is 1. The highest BCUT2D eigenvalue weighted by molar-refractivity contribution is 5.97. The average molecular weight is 332 g/mol. The molecule has 1 heterocycles. The van der Waals surface area contributed by atoms with Gasteiger partial charge in [-0.1, -0.05) is 0 Å². The van der Waals surface area contributed by atoms with E-state index in [2.05, 4.69) is 4.74 Å². The lowest BCUT2D eigenvalue weighted by molar-refractivity contribution is -0.274. The summed E-state index contributed by atoms with van der Waals surface area (Å²) >= 11 is 0. The summed E-state index contributed by atoms with van der Waals surface area (Å²) in [6, 6.07) is 3.41. The topological polar surface area (TPSA) is 92.9 Å². The number of carbonyl (C=O) groups excluding carboxylic acids is 1. The number of alkyl halides is 3. The fourth-order valence-electron chi connectivity index (χ4n) is 2.42. The molecule has 9 heteroatoms. The van der Waals surface area contributed by atoms with Gasteiger partial charge in [0.05, 0.1) is 11.5 Å². The molecule has 1 fully saturated rings. The Morgan fingerprint density at radius 1 is 1.26 bits per heavy atom. The Hall–Kier alpha value is -2.45. The Morgan fingerprint density at radius 2 is 1.87 bits per heavy atom. The maximum absolute atomic E-state index is 12.4. The number of nitrogens with zero attached hydrogens (tertiary/aromatic N) is 1. The first-order valence-corrected chi connectivity index (χ1v) is 6.84. The van der Waals surface area contributed by atoms with E-state index in [0.29, 0.717) is 0 Å². The summed E-state index contributed by atoms with van der Waals surface area (Å²) < 4.78 is 41.2. The highest BCUT2D eigenvalue weighted by Crippen LogP contribution is 2.30. The fraction of sp³-hybridized carbons (Fsp3) is 0.429. The van der Waals surface area contributed by atoms with Gasteiger partial charge in [-0.15, -0.1) is 13.2 Å². The van der Waals surface area contributed by atoms with Crippen molar-refractivity contribution in [1.29, 1.82) is 0 Å². The molecule has 1 amide bonds. The lowest BCUT2D eigenvalue weighted by Gasteiger charge is -2.30. The number of carboxylic acid groups (broad SMARTS) is 1. The first-order chi connectivity index (χ1) is 10.7. The van der Waals surface area contributed by atoms with Gasteiger partial charge in [0.1, 0.15) is 5.75 Å².